The molecule has 0 aromatic heterocycles. The van der Waals surface area contributed by atoms with Gasteiger partial charge in [0.05, 0.1) is 6.04 Å². The van der Waals surface area contributed by atoms with E-state index in [1.54, 1.807) is 0 Å². The summed E-state index contributed by atoms with van der Waals surface area (Å²) in [6.07, 6.45) is 1.11. The third-order valence-electron chi connectivity index (χ3n) is 1.98. The maximum atomic E-state index is 10.5. The fourth-order valence-corrected chi connectivity index (χ4v) is 1.06. The van der Waals surface area contributed by atoms with Crippen LogP contribution in [-0.4, -0.2) is 28.7 Å². The number of carboxylic acid groups (broad SMARTS) is 1. The van der Waals surface area contributed by atoms with Crippen molar-refractivity contribution in [1.29, 1.82) is 0 Å². The second-order valence-corrected chi connectivity index (χ2v) is 2.56. The molecule has 1 atom stereocenters. The van der Waals surface area contributed by atoms with Crippen LogP contribution in [0.3, 0.4) is 0 Å². The number of nitrogens with zero attached hydrogens (tertiary/aromatic N) is 1. The number of rotatable bonds is 0. The van der Waals surface area contributed by atoms with Crippen LogP contribution in [0.4, 0.5) is 4.79 Å². The highest BCUT2D eigenvalue weighted by atomic mass is 16.4. The number of hydrogen-bond acceptors (Lipinski definition) is 1. The van der Waals surface area contributed by atoms with Crippen LogP contribution in [0, 0.1) is 0 Å². The molecule has 0 bridgehead atoms. The fourth-order valence-electron chi connectivity index (χ4n) is 1.06. The first-order chi connectivity index (χ1) is 4.63. The van der Waals surface area contributed by atoms with Crippen molar-refractivity contribution in [1.82, 2.24) is 4.90 Å². The van der Waals surface area contributed by atoms with Gasteiger partial charge in [0.15, 0.2) is 0 Å². The highest BCUT2D eigenvalue weighted by molar-refractivity contribution is 5.67. The Morgan fingerprint density at radius 1 is 1.90 bits per heavy atom. The van der Waals surface area contributed by atoms with Crippen LogP contribution in [-0.2, 0) is 0 Å². The Kier molecular flexibility index (Phi) is 1.66. The SMILES string of the molecule is CC1=CCN(C(=O)O)C1C. The summed E-state index contributed by atoms with van der Waals surface area (Å²) >= 11 is 0. The predicted octanol–water partition coefficient (Wildman–Crippen LogP) is 1.31. The molecule has 1 unspecified atom stereocenters. The predicted molar refractivity (Wildman–Crippen MR) is 37.9 cm³/mol. The molecule has 1 amide bonds. The Labute approximate surface area is 59.9 Å². The highest BCUT2D eigenvalue weighted by Crippen LogP contribution is 2.16. The van der Waals surface area contributed by atoms with Crippen molar-refractivity contribution in [2.45, 2.75) is 19.9 Å². The van der Waals surface area contributed by atoms with Gasteiger partial charge in [-0.25, -0.2) is 4.79 Å². The topological polar surface area (TPSA) is 40.5 Å². The Bertz CT molecular complexity index is 186. The van der Waals surface area contributed by atoms with Gasteiger partial charge in [0.25, 0.3) is 0 Å². The second-order valence-electron chi connectivity index (χ2n) is 2.56. The lowest BCUT2D eigenvalue weighted by Gasteiger charge is -2.18. The molecule has 0 aliphatic carbocycles. The van der Waals surface area contributed by atoms with Crippen LogP contribution in [0.1, 0.15) is 13.8 Å². The van der Waals surface area contributed by atoms with Crippen molar-refractivity contribution in [2.24, 2.45) is 0 Å². The van der Waals surface area contributed by atoms with Gasteiger partial charge in [0.2, 0.25) is 0 Å². The molecule has 0 spiro atoms. The molecule has 3 heteroatoms. The van der Waals surface area contributed by atoms with E-state index in [0.717, 1.165) is 5.57 Å². The fraction of sp³-hybridized carbons (Fsp3) is 0.571. The van der Waals surface area contributed by atoms with Crippen LogP contribution < -0.4 is 0 Å². The van der Waals surface area contributed by atoms with Crippen LogP contribution in [0.2, 0.25) is 0 Å². The van der Waals surface area contributed by atoms with Crippen molar-refractivity contribution >= 4 is 6.09 Å². The van der Waals surface area contributed by atoms with E-state index in [0.29, 0.717) is 6.54 Å². The van der Waals surface area contributed by atoms with E-state index in [9.17, 15) is 4.79 Å². The van der Waals surface area contributed by atoms with Crippen molar-refractivity contribution in [3.63, 3.8) is 0 Å². The molecule has 56 valence electrons. The Balaban J connectivity index is 2.65. The number of amides is 1. The third-order valence-corrected chi connectivity index (χ3v) is 1.98. The van der Waals surface area contributed by atoms with Gasteiger partial charge >= 0.3 is 6.09 Å². The Morgan fingerprint density at radius 3 is 2.70 bits per heavy atom. The Morgan fingerprint density at radius 2 is 2.50 bits per heavy atom. The van der Waals surface area contributed by atoms with Gasteiger partial charge in [-0.05, 0) is 13.8 Å². The van der Waals surface area contributed by atoms with Crippen molar-refractivity contribution in [3.8, 4) is 0 Å². The lowest BCUT2D eigenvalue weighted by Crippen LogP contribution is -2.33. The van der Waals surface area contributed by atoms with Crippen LogP contribution in [0.5, 0.6) is 0 Å². The minimum Gasteiger partial charge on any atom is -0.465 e. The van der Waals surface area contributed by atoms with Crippen molar-refractivity contribution < 1.29 is 9.90 Å². The van der Waals surface area contributed by atoms with Crippen LogP contribution in [0.25, 0.3) is 0 Å². The molecule has 0 aromatic rings. The normalized spacial score (nSPS) is 24.8. The third kappa shape index (κ3) is 0.988. The zero-order chi connectivity index (χ0) is 7.72. The first-order valence-corrected chi connectivity index (χ1v) is 3.29. The maximum Gasteiger partial charge on any atom is 0.408 e. The molecule has 1 aliphatic heterocycles. The lowest BCUT2D eigenvalue weighted by atomic mass is 10.2. The molecule has 0 aromatic carbocycles. The molecular weight excluding hydrogens is 130 g/mol. The van der Waals surface area contributed by atoms with Gasteiger partial charge in [0.1, 0.15) is 0 Å². The molecule has 1 rings (SSSR count). The molecule has 0 radical (unpaired) electrons. The molecule has 1 N–H and O–H groups in total. The van der Waals surface area contributed by atoms with E-state index in [2.05, 4.69) is 0 Å². The van der Waals surface area contributed by atoms with Gasteiger partial charge in [0, 0.05) is 6.54 Å². The zero-order valence-corrected chi connectivity index (χ0v) is 6.16. The van der Waals surface area contributed by atoms with E-state index in [4.69, 9.17) is 5.11 Å². The maximum absolute atomic E-state index is 10.5. The second kappa shape index (κ2) is 2.33. The smallest absolute Gasteiger partial charge is 0.408 e. The van der Waals surface area contributed by atoms with Gasteiger partial charge in [-0.2, -0.15) is 0 Å². The van der Waals surface area contributed by atoms with Gasteiger partial charge in [-0.1, -0.05) is 11.6 Å². The average molecular weight is 141 g/mol. The highest BCUT2D eigenvalue weighted by Gasteiger charge is 2.23. The minimum atomic E-state index is -0.833. The summed E-state index contributed by atoms with van der Waals surface area (Å²) in [7, 11) is 0. The molecular formula is C7H11NO2. The molecule has 10 heavy (non-hydrogen) atoms. The first-order valence-electron chi connectivity index (χ1n) is 3.29. The summed E-state index contributed by atoms with van der Waals surface area (Å²) in [6, 6.07) is 0.0671. The van der Waals surface area contributed by atoms with Crippen LogP contribution in [0.15, 0.2) is 11.6 Å². The summed E-state index contributed by atoms with van der Waals surface area (Å²) in [4.78, 5) is 11.9. The van der Waals surface area contributed by atoms with Crippen LogP contribution >= 0.6 is 0 Å². The van der Waals surface area contributed by atoms with Crippen molar-refractivity contribution in [3.05, 3.63) is 11.6 Å². The largest absolute Gasteiger partial charge is 0.465 e. The molecule has 1 aliphatic rings. The standard InChI is InChI=1S/C7H11NO2/c1-5-3-4-8(6(5)2)7(9)10/h3,6H,4H2,1-2H3,(H,9,10). The van der Waals surface area contributed by atoms with Crippen molar-refractivity contribution in [2.75, 3.05) is 6.54 Å². The molecule has 0 fully saturated rings. The average Bonchev–Trinajstić information content (AvgIpc) is 2.14. The molecule has 1 heterocycles. The van der Waals surface area contributed by atoms with E-state index in [1.807, 2.05) is 19.9 Å². The summed E-state index contributed by atoms with van der Waals surface area (Å²) in [6.45, 7) is 4.39. The number of carbonyl (C=O) groups is 1. The summed E-state index contributed by atoms with van der Waals surface area (Å²) in [5, 5.41) is 8.59. The molecule has 0 saturated heterocycles. The van der Waals surface area contributed by atoms with E-state index < -0.39 is 6.09 Å². The lowest BCUT2D eigenvalue weighted by molar-refractivity contribution is 0.145. The Hall–Kier alpha value is -0.990. The summed E-state index contributed by atoms with van der Waals surface area (Å²) in [5.41, 5.74) is 1.14. The zero-order valence-electron chi connectivity index (χ0n) is 6.16. The monoisotopic (exact) mass is 141 g/mol. The number of hydrogen-bond donors (Lipinski definition) is 1. The van der Waals surface area contributed by atoms with E-state index >= 15 is 0 Å². The molecule has 0 saturated carbocycles. The van der Waals surface area contributed by atoms with Gasteiger partial charge in [-0.15, -0.1) is 0 Å². The summed E-state index contributed by atoms with van der Waals surface area (Å²) in [5.74, 6) is 0. The quantitative estimate of drug-likeness (QED) is 0.517. The van der Waals surface area contributed by atoms with E-state index in [1.165, 1.54) is 4.90 Å². The van der Waals surface area contributed by atoms with E-state index in [-0.39, 0.29) is 6.04 Å². The van der Waals surface area contributed by atoms with Gasteiger partial charge in [-0.3, -0.25) is 4.90 Å². The minimum absolute atomic E-state index is 0.0671. The molecule has 3 nitrogen and oxygen atoms in total. The van der Waals surface area contributed by atoms with Gasteiger partial charge < -0.3 is 5.11 Å². The summed E-state index contributed by atoms with van der Waals surface area (Å²) < 4.78 is 0. The first kappa shape index (κ1) is 7.12.